The predicted molar refractivity (Wildman–Crippen MR) is 95.5 cm³/mol. The Morgan fingerprint density at radius 3 is 2.13 bits per heavy atom. The van der Waals surface area contributed by atoms with E-state index in [1.165, 1.54) is 33.4 Å². The van der Waals surface area contributed by atoms with Gasteiger partial charge in [0.25, 0.3) is 0 Å². The van der Waals surface area contributed by atoms with Crippen LogP contribution in [-0.2, 0) is 6.42 Å². The molecule has 23 heavy (non-hydrogen) atoms. The van der Waals surface area contributed by atoms with E-state index >= 15 is 0 Å². The molecule has 112 valence electrons. The number of methoxy groups -OCH3 is 1. The number of rotatable bonds is 3. The lowest BCUT2D eigenvalue weighted by atomic mass is 9.94. The second kappa shape index (κ2) is 5.77. The van der Waals surface area contributed by atoms with Gasteiger partial charge in [0.1, 0.15) is 5.75 Å². The summed E-state index contributed by atoms with van der Waals surface area (Å²) in [6, 6.07) is 27.8. The van der Waals surface area contributed by atoms with Crippen LogP contribution < -0.4 is 4.74 Å². The highest BCUT2D eigenvalue weighted by Gasteiger charge is 2.23. The quantitative estimate of drug-likeness (QED) is 0.645. The molecule has 4 rings (SSSR count). The molecule has 0 aliphatic heterocycles. The van der Waals surface area contributed by atoms with Crippen molar-refractivity contribution in [3.05, 3.63) is 101 Å². The molecule has 0 radical (unpaired) electrons. The maximum absolute atomic E-state index is 5.30. The van der Waals surface area contributed by atoms with Gasteiger partial charge in [-0.05, 0) is 52.0 Å². The Labute approximate surface area is 136 Å². The SMILES string of the molecule is COc1ccc(C2=C(c3ccccc3)Cc3ccccc32)cc1. The molecule has 0 heterocycles. The molecule has 0 aromatic heterocycles. The van der Waals surface area contributed by atoms with Crippen LogP contribution in [-0.4, -0.2) is 7.11 Å². The lowest BCUT2D eigenvalue weighted by Crippen LogP contribution is -1.90. The third kappa shape index (κ3) is 2.44. The van der Waals surface area contributed by atoms with Crippen molar-refractivity contribution in [2.45, 2.75) is 6.42 Å². The number of hydrogen-bond acceptors (Lipinski definition) is 1. The molecule has 1 nitrogen and oxygen atoms in total. The maximum atomic E-state index is 5.30. The van der Waals surface area contributed by atoms with E-state index in [0.717, 1.165) is 12.2 Å². The van der Waals surface area contributed by atoms with Crippen LogP contribution in [0, 0.1) is 0 Å². The van der Waals surface area contributed by atoms with Crippen molar-refractivity contribution in [3.8, 4) is 5.75 Å². The molecular formula is C22H18O. The van der Waals surface area contributed by atoms with Crippen LogP contribution >= 0.6 is 0 Å². The van der Waals surface area contributed by atoms with Gasteiger partial charge in [0.15, 0.2) is 0 Å². The van der Waals surface area contributed by atoms with Gasteiger partial charge in [-0.3, -0.25) is 0 Å². The number of fused-ring (bicyclic) bond motifs is 1. The van der Waals surface area contributed by atoms with Crippen LogP contribution in [0.2, 0.25) is 0 Å². The van der Waals surface area contributed by atoms with Crippen molar-refractivity contribution < 1.29 is 4.74 Å². The summed E-state index contributed by atoms with van der Waals surface area (Å²) in [6.07, 6.45) is 0.988. The van der Waals surface area contributed by atoms with E-state index < -0.39 is 0 Å². The zero-order valence-corrected chi connectivity index (χ0v) is 13.1. The second-order valence-electron chi connectivity index (χ2n) is 5.78. The first-order valence-corrected chi connectivity index (χ1v) is 7.88. The van der Waals surface area contributed by atoms with Crippen LogP contribution in [0.15, 0.2) is 78.9 Å². The highest BCUT2D eigenvalue weighted by molar-refractivity contribution is 6.03. The van der Waals surface area contributed by atoms with E-state index in [1.807, 2.05) is 12.1 Å². The average molecular weight is 298 g/mol. The first kappa shape index (κ1) is 13.8. The first-order chi connectivity index (χ1) is 11.4. The Morgan fingerprint density at radius 2 is 1.39 bits per heavy atom. The summed E-state index contributed by atoms with van der Waals surface area (Å²) in [5, 5.41) is 0. The summed E-state index contributed by atoms with van der Waals surface area (Å²) in [4.78, 5) is 0. The number of benzene rings is 3. The summed E-state index contributed by atoms with van der Waals surface area (Å²) in [7, 11) is 1.70. The summed E-state index contributed by atoms with van der Waals surface area (Å²) >= 11 is 0. The van der Waals surface area contributed by atoms with Gasteiger partial charge in [0.05, 0.1) is 7.11 Å². The zero-order valence-electron chi connectivity index (χ0n) is 13.1. The number of ether oxygens (including phenoxy) is 1. The van der Waals surface area contributed by atoms with Crippen molar-refractivity contribution in [2.75, 3.05) is 7.11 Å². The van der Waals surface area contributed by atoms with E-state index in [0.29, 0.717) is 0 Å². The Hall–Kier alpha value is -2.80. The second-order valence-corrected chi connectivity index (χ2v) is 5.78. The minimum atomic E-state index is 0.891. The third-order valence-electron chi connectivity index (χ3n) is 4.46. The van der Waals surface area contributed by atoms with E-state index in [-0.39, 0.29) is 0 Å². The minimum Gasteiger partial charge on any atom is -0.497 e. The zero-order chi connectivity index (χ0) is 15.6. The highest BCUT2D eigenvalue weighted by atomic mass is 16.5. The Kier molecular flexibility index (Phi) is 3.47. The molecule has 0 fully saturated rings. The van der Waals surface area contributed by atoms with Crippen LogP contribution in [0.5, 0.6) is 5.75 Å². The van der Waals surface area contributed by atoms with Crippen molar-refractivity contribution in [2.24, 2.45) is 0 Å². The molecule has 0 atom stereocenters. The smallest absolute Gasteiger partial charge is 0.118 e. The molecular weight excluding hydrogens is 280 g/mol. The van der Waals surface area contributed by atoms with Gasteiger partial charge >= 0.3 is 0 Å². The molecule has 0 saturated heterocycles. The monoisotopic (exact) mass is 298 g/mol. The molecule has 0 N–H and O–H groups in total. The molecule has 0 amide bonds. The maximum Gasteiger partial charge on any atom is 0.118 e. The fourth-order valence-corrected chi connectivity index (χ4v) is 3.33. The molecule has 0 spiro atoms. The van der Waals surface area contributed by atoms with E-state index in [9.17, 15) is 0 Å². The fourth-order valence-electron chi connectivity index (χ4n) is 3.33. The van der Waals surface area contributed by atoms with E-state index in [4.69, 9.17) is 4.74 Å². The fraction of sp³-hybridized carbons (Fsp3) is 0.0909. The Balaban J connectivity index is 1.91. The summed E-state index contributed by atoms with van der Waals surface area (Å²) < 4.78 is 5.30. The van der Waals surface area contributed by atoms with Gasteiger partial charge in [0, 0.05) is 0 Å². The van der Waals surface area contributed by atoms with Crippen molar-refractivity contribution in [3.63, 3.8) is 0 Å². The average Bonchev–Trinajstić information content (AvgIpc) is 3.02. The standard InChI is InChI=1S/C22H18O/c1-23-19-13-11-17(12-14-19)22-20-10-6-5-9-18(20)15-21(22)16-7-3-2-4-8-16/h2-14H,15H2,1H3. The Morgan fingerprint density at radius 1 is 0.696 bits per heavy atom. The lowest BCUT2D eigenvalue weighted by molar-refractivity contribution is 0.415. The first-order valence-electron chi connectivity index (χ1n) is 7.88. The van der Waals surface area contributed by atoms with Crippen LogP contribution in [0.1, 0.15) is 22.3 Å². The molecule has 0 unspecified atom stereocenters. The third-order valence-corrected chi connectivity index (χ3v) is 4.46. The van der Waals surface area contributed by atoms with Gasteiger partial charge in [-0.1, -0.05) is 66.7 Å². The molecule has 1 aliphatic carbocycles. The predicted octanol–water partition coefficient (Wildman–Crippen LogP) is 5.21. The summed E-state index contributed by atoms with van der Waals surface area (Å²) in [5.41, 5.74) is 8.03. The molecule has 3 aromatic rings. The van der Waals surface area contributed by atoms with Crippen molar-refractivity contribution in [1.29, 1.82) is 0 Å². The van der Waals surface area contributed by atoms with Crippen LogP contribution in [0.4, 0.5) is 0 Å². The molecule has 3 aromatic carbocycles. The van der Waals surface area contributed by atoms with E-state index in [2.05, 4.69) is 66.7 Å². The lowest BCUT2D eigenvalue weighted by Gasteiger charge is -2.10. The normalized spacial score (nSPS) is 13.1. The van der Waals surface area contributed by atoms with Crippen LogP contribution in [0.3, 0.4) is 0 Å². The Bertz CT molecular complexity index is 858. The van der Waals surface area contributed by atoms with Gasteiger partial charge in [-0.15, -0.1) is 0 Å². The van der Waals surface area contributed by atoms with Gasteiger partial charge in [-0.25, -0.2) is 0 Å². The minimum absolute atomic E-state index is 0.891. The number of allylic oxidation sites excluding steroid dienone is 1. The van der Waals surface area contributed by atoms with Gasteiger partial charge < -0.3 is 4.74 Å². The van der Waals surface area contributed by atoms with Gasteiger partial charge in [0.2, 0.25) is 0 Å². The van der Waals surface area contributed by atoms with Crippen LogP contribution in [0.25, 0.3) is 11.1 Å². The van der Waals surface area contributed by atoms with Gasteiger partial charge in [-0.2, -0.15) is 0 Å². The molecule has 0 bridgehead atoms. The number of hydrogen-bond donors (Lipinski definition) is 0. The summed E-state index contributed by atoms with van der Waals surface area (Å²) in [6.45, 7) is 0. The molecule has 1 aliphatic rings. The molecule has 1 heteroatoms. The van der Waals surface area contributed by atoms with E-state index in [1.54, 1.807) is 7.11 Å². The van der Waals surface area contributed by atoms with Crippen molar-refractivity contribution >= 4 is 11.1 Å². The topological polar surface area (TPSA) is 9.23 Å². The molecule has 0 saturated carbocycles. The highest BCUT2D eigenvalue weighted by Crippen LogP contribution is 2.42. The summed E-state index contributed by atoms with van der Waals surface area (Å²) in [5.74, 6) is 0.891. The largest absolute Gasteiger partial charge is 0.497 e. The van der Waals surface area contributed by atoms with Crippen molar-refractivity contribution in [1.82, 2.24) is 0 Å².